The number of aromatic nitrogens is 2. The van der Waals surface area contributed by atoms with Gasteiger partial charge in [-0.2, -0.15) is 0 Å². The highest BCUT2D eigenvalue weighted by Gasteiger charge is 2.16. The summed E-state index contributed by atoms with van der Waals surface area (Å²) in [5.74, 6) is 2.26. The highest BCUT2D eigenvalue weighted by molar-refractivity contribution is 5.92. The highest BCUT2D eigenvalue weighted by atomic mass is 16.6. The summed E-state index contributed by atoms with van der Waals surface area (Å²) in [4.78, 5) is 14.4. The molecule has 0 aliphatic carbocycles. The van der Waals surface area contributed by atoms with Crippen LogP contribution in [0.4, 0.5) is 5.69 Å². The number of benzene rings is 2. The molecule has 4 rings (SSSR count). The molecular formula is C22H24N4O4. The van der Waals surface area contributed by atoms with Gasteiger partial charge in [-0.15, -0.1) is 10.2 Å². The first-order valence-electron chi connectivity index (χ1n) is 9.96. The lowest BCUT2D eigenvalue weighted by Crippen LogP contribution is -2.32. The molecule has 1 aliphatic rings. The molecule has 0 atom stereocenters. The normalized spacial score (nSPS) is 12.7. The van der Waals surface area contributed by atoms with Crippen LogP contribution in [0.2, 0.25) is 0 Å². The molecule has 1 N–H and O–H groups in total. The Kier molecular flexibility index (Phi) is 6.24. The zero-order valence-corrected chi connectivity index (χ0v) is 16.8. The van der Waals surface area contributed by atoms with Gasteiger partial charge in [0.1, 0.15) is 13.2 Å². The van der Waals surface area contributed by atoms with Crippen molar-refractivity contribution in [1.82, 2.24) is 15.1 Å². The van der Waals surface area contributed by atoms with E-state index in [0.717, 1.165) is 5.56 Å². The second kappa shape index (κ2) is 9.41. The van der Waals surface area contributed by atoms with Crippen LogP contribution in [0.1, 0.15) is 24.3 Å². The van der Waals surface area contributed by atoms with E-state index in [1.165, 1.54) is 0 Å². The van der Waals surface area contributed by atoms with Crippen LogP contribution < -0.4 is 14.8 Å². The molecule has 2 aromatic carbocycles. The first-order chi connectivity index (χ1) is 14.7. The van der Waals surface area contributed by atoms with E-state index in [1.54, 1.807) is 18.2 Å². The minimum Gasteiger partial charge on any atom is -0.486 e. The van der Waals surface area contributed by atoms with Crippen LogP contribution in [-0.2, 0) is 17.8 Å². The van der Waals surface area contributed by atoms with Gasteiger partial charge >= 0.3 is 0 Å². The Morgan fingerprint density at radius 2 is 1.80 bits per heavy atom. The summed E-state index contributed by atoms with van der Waals surface area (Å²) in [5, 5.41) is 11.1. The van der Waals surface area contributed by atoms with Crippen LogP contribution in [0.15, 0.2) is 52.9 Å². The zero-order chi connectivity index (χ0) is 20.8. The van der Waals surface area contributed by atoms with Gasteiger partial charge in [-0.05, 0) is 24.2 Å². The monoisotopic (exact) mass is 408 g/mol. The van der Waals surface area contributed by atoms with Crippen molar-refractivity contribution in [3.8, 4) is 11.5 Å². The minimum absolute atomic E-state index is 0.127. The Bertz CT molecular complexity index is 990. The molecule has 0 fully saturated rings. The molecule has 3 aromatic rings. The Balaban J connectivity index is 1.31. The number of nitrogens with zero attached hydrogens (tertiary/aromatic N) is 3. The molecule has 0 unspecified atom stereocenters. The van der Waals surface area contributed by atoms with Crippen LogP contribution in [0, 0.1) is 0 Å². The van der Waals surface area contributed by atoms with E-state index in [-0.39, 0.29) is 12.5 Å². The Morgan fingerprint density at radius 3 is 2.60 bits per heavy atom. The van der Waals surface area contributed by atoms with Crippen molar-refractivity contribution >= 4 is 11.6 Å². The number of hydrogen-bond acceptors (Lipinski definition) is 7. The quantitative estimate of drug-likeness (QED) is 0.613. The van der Waals surface area contributed by atoms with Crippen molar-refractivity contribution in [3.05, 3.63) is 65.9 Å². The standard InChI is InChI=1S/C22H24N4O4/c1-2-26(15-22-25-24-21(30-22)12-16-6-4-3-5-7-16)14-20(27)23-17-8-9-18-19(13-17)29-11-10-28-18/h3-9,13H,2,10-12,14-15H2,1H3,(H,23,27). The van der Waals surface area contributed by atoms with Gasteiger partial charge in [-0.1, -0.05) is 37.3 Å². The van der Waals surface area contributed by atoms with E-state index >= 15 is 0 Å². The predicted molar refractivity (Wildman–Crippen MR) is 111 cm³/mol. The van der Waals surface area contributed by atoms with Crippen LogP contribution in [0.5, 0.6) is 11.5 Å². The second-order valence-electron chi connectivity index (χ2n) is 6.96. The molecular weight excluding hydrogens is 384 g/mol. The van der Waals surface area contributed by atoms with Crippen molar-refractivity contribution < 1.29 is 18.7 Å². The van der Waals surface area contributed by atoms with Crippen molar-refractivity contribution in [2.45, 2.75) is 19.9 Å². The summed E-state index contributed by atoms with van der Waals surface area (Å²) in [6.07, 6.45) is 0.588. The van der Waals surface area contributed by atoms with Gasteiger partial charge in [0.15, 0.2) is 11.5 Å². The molecule has 0 saturated carbocycles. The van der Waals surface area contributed by atoms with Gasteiger partial charge in [0, 0.05) is 11.8 Å². The van der Waals surface area contributed by atoms with Crippen LogP contribution >= 0.6 is 0 Å². The van der Waals surface area contributed by atoms with Crippen molar-refractivity contribution in [1.29, 1.82) is 0 Å². The van der Waals surface area contributed by atoms with E-state index in [0.29, 0.717) is 61.7 Å². The Morgan fingerprint density at radius 1 is 1.03 bits per heavy atom. The maximum Gasteiger partial charge on any atom is 0.238 e. The lowest BCUT2D eigenvalue weighted by Gasteiger charge is -2.20. The van der Waals surface area contributed by atoms with Crippen molar-refractivity contribution in [2.24, 2.45) is 0 Å². The summed E-state index contributed by atoms with van der Waals surface area (Å²) in [6.45, 7) is 4.31. The smallest absolute Gasteiger partial charge is 0.238 e. The summed E-state index contributed by atoms with van der Waals surface area (Å²) in [7, 11) is 0. The van der Waals surface area contributed by atoms with Gasteiger partial charge in [-0.25, -0.2) is 0 Å². The summed E-state index contributed by atoms with van der Waals surface area (Å²) < 4.78 is 16.8. The highest BCUT2D eigenvalue weighted by Crippen LogP contribution is 2.32. The molecule has 2 heterocycles. The Labute approximate surface area is 174 Å². The van der Waals surface area contributed by atoms with E-state index in [9.17, 15) is 4.79 Å². The average molecular weight is 408 g/mol. The molecule has 0 spiro atoms. The first-order valence-corrected chi connectivity index (χ1v) is 9.96. The molecule has 0 saturated heterocycles. The molecule has 156 valence electrons. The molecule has 8 nitrogen and oxygen atoms in total. The first kappa shape index (κ1) is 19.9. The third kappa shape index (κ3) is 5.15. The number of rotatable bonds is 8. The fraction of sp³-hybridized carbons (Fsp3) is 0.318. The molecule has 0 radical (unpaired) electrons. The summed E-state index contributed by atoms with van der Waals surface area (Å²) in [6, 6.07) is 15.3. The van der Waals surface area contributed by atoms with Crippen LogP contribution in [-0.4, -0.2) is 47.3 Å². The predicted octanol–water partition coefficient (Wildman–Crippen LogP) is 2.89. The zero-order valence-electron chi connectivity index (χ0n) is 16.8. The number of ether oxygens (including phenoxy) is 2. The van der Waals surface area contributed by atoms with Crippen LogP contribution in [0.3, 0.4) is 0 Å². The van der Waals surface area contributed by atoms with Gasteiger partial charge in [0.25, 0.3) is 0 Å². The maximum atomic E-state index is 12.5. The number of carbonyl (C=O) groups is 1. The molecule has 1 aromatic heterocycles. The minimum atomic E-state index is -0.127. The number of amides is 1. The number of likely N-dealkylation sites (N-methyl/N-ethyl adjacent to an activating group) is 1. The summed E-state index contributed by atoms with van der Waals surface area (Å²) in [5.41, 5.74) is 1.78. The SMILES string of the molecule is CCN(CC(=O)Nc1ccc2c(c1)OCCO2)Cc1nnc(Cc2ccccc2)o1. The number of carbonyl (C=O) groups excluding carboxylic acids is 1. The van der Waals surface area contributed by atoms with E-state index in [1.807, 2.05) is 42.2 Å². The van der Waals surface area contributed by atoms with E-state index < -0.39 is 0 Å². The third-order valence-corrected chi connectivity index (χ3v) is 4.71. The number of fused-ring (bicyclic) bond motifs is 1. The second-order valence-corrected chi connectivity index (χ2v) is 6.96. The van der Waals surface area contributed by atoms with Crippen LogP contribution in [0.25, 0.3) is 0 Å². The van der Waals surface area contributed by atoms with Crippen molar-refractivity contribution in [2.75, 3.05) is 31.6 Å². The van der Waals surface area contributed by atoms with E-state index in [2.05, 4.69) is 15.5 Å². The molecule has 30 heavy (non-hydrogen) atoms. The fourth-order valence-electron chi connectivity index (χ4n) is 3.19. The van der Waals surface area contributed by atoms with E-state index in [4.69, 9.17) is 13.9 Å². The fourth-order valence-corrected chi connectivity index (χ4v) is 3.19. The van der Waals surface area contributed by atoms with Gasteiger partial charge in [0.2, 0.25) is 17.7 Å². The maximum absolute atomic E-state index is 12.5. The lowest BCUT2D eigenvalue weighted by molar-refractivity contribution is -0.117. The van der Waals surface area contributed by atoms with Crippen molar-refractivity contribution in [3.63, 3.8) is 0 Å². The van der Waals surface area contributed by atoms with Gasteiger partial charge in [-0.3, -0.25) is 9.69 Å². The molecule has 0 bridgehead atoms. The molecule has 1 aliphatic heterocycles. The number of hydrogen-bond donors (Lipinski definition) is 1. The largest absolute Gasteiger partial charge is 0.486 e. The molecule has 1 amide bonds. The third-order valence-electron chi connectivity index (χ3n) is 4.71. The number of nitrogens with one attached hydrogen (secondary N) is 1. The number of anilines is 1. The summed E-state index contributed by atoms with van der Waals surface area (Å²) >= 11 is 0. The van der Waals surface area contributed by atoms with Gasteiger partial charge < -0.3 is 19.2 Å². The van der Waals surface area contributed by atoms with Gasteiger partial charge in [0.05, 0.1) is 19.5 Å². The Hall–Kier alpha value is -3.39. The molecule has 8 heteroatoms. The lowest BCUT2D eigenvalue weighted by atomic mass is 10.2. The average Bonchev–Trinajstić information content (AvgIpc) is 3.20. The topological polar surface area (TPSA) is 89.7 Å².